The summed E-state index contributed by atoms with van der Waals surface area (Å²) >= 11 is 0. The van der Waals surface area contributed by atoms with Crippen molar-refractivity contribution >= 4 is 5.91 Å². The molecule has 0 saturated carbocycles. The molecule has 1 aromatic rings. The number of likely N-dealkylation sites (tertiary alicyclic amines) is 1. The maximum absolute atomic E-state index is 13.1. The zero-order chi connectivity index (χ0) is 15.7. The first-order valence-electron chi connectivity index (χ1n) is 8.07. The summed E-state index contributed by atoms with van der Waals surface area (Å²) in [5, 5.41) is 0. The lowest BCUT2D eigenvalue weighted by molar-refractivity contribution is -0.138. The molecule has 2 fully saturated rings. The topological polar surface area (TPSA) is 44.4 Å². The molecule has 4 unspecified atom stereocenters. The van der Waals surface area contributed by atoms with Crippen molar-refractivity contribution in [1.29, 1.82) is 0 Å². The van der Waals surface area contributed by atoms with Crippen molar-refractivity contribution in [3.63, 3.8) is 0 Å². The van der Waals surface area contributed by atoms with Gasteiger partial charge >= 0.3 is 0 Å². The maximum atomic E-state index is 13.1. The average Bonchev–Trinajstić information content (AvgIpc) is 2.95. The Bertz CT molecular complexity index is 523. The SMILES string of the molecule is CC1CC(C)CN(C(=O)C2CNNC2c2ccc(F)cc2)C1. The van der Waals surface area contributed by atoms with Crippen LogP contribution >= 0.6 is 0 Å². The van der Waals surface area contributed by atoms with Crippen LogP contribution in [0.5, 0.6) is 0 Å². The third-order valence-corrected chi connectivity index (χ3v) is 4.71. The molecular formula is C17H24FN3O. The molecule has 3 rings (SSSR count). The van der Waals surface area contributed by atoms with Gasteiger partial charge in [0.1, 0.15) is 5.82 Å². The fraction of sp³-hybridized carbons (Fsp3) is 0.588. The van der Waals surface area contributed by atoms with Crippen LogP contribution in [0.3, 0.4) is 0 Å². The molecular weight excluding hydrogens is 281 g/mol. The van der Waals surface area contributed by atoms with Crippen LogP contribution in [0.15, 0.2) is 24.3 Å². The van der Waals surface area contributed by atoms with Crippen molar-refractivity contribution in [3.05, 3.63) is 35.6 Å². The van der Waals surface area contributed by atoms with Crippen molar-refractivity contribution in [1.82, 2.24) is 15.8 Å². The fourth-order valence-electron chi connectivity index (χ4n) is 3.79. The second-order valence-corrected chi connectivity index (χ2v) is 6.85. The van der Waals surface area contributed by atoms with Crippen molar-refractivity contribution in [3.8, 4) is 0 Å². The number of nitrogens with one attached hydrogen (secondary N) is 2. The molecule has 0 bridgehead atoms. The molecule has 2 aliphatic rings. The number of hydrogen-bond acceptors (Lipinski definition) is 3. The number of piperidine rings is 1. The number of halogens is 1. The Morgan fingerprint density at radius 3 is 2.45 bits per heavy atom. The summed E-state index contributed by atoms with van der Waals surface area (Å²) in [7, 11) is 0. The molecule has 120 valence electrons. The summed E-state index contributed by atoms with van der Waals surface area (Å²) in [6, 6.07) is 6.30. The van der Waals surface area contributed by atoms with Crippen molar-refractivity contribution < 1.29 is 9.18 Å². The monoisotopic (exact) mass is 305 g/mol. The number of carbonyl (C=O) groups excluding carboxylic acids is 1. The van der Waals surface area contributed by atoms with Crippen molar-refractivity contribution in [2.75, 3.05) is 19.6 Å². The summed E-state index contributed by atoms with van der Waals surface area (Å²) in [5.74, 6) is 0.919. The van der Waals surface area contributed by atoms with Gasteiger partial charge in [0.05, 0.1) is 12.0 Å². The predicted molar refractivity (Wildman–Crippen MR) is 83.3 cm³/mol. The predicted octanol–water partition coefficient (Wildman–Crippen LogP) is 2.10. The van der Waals surface area contributed by atoms with Crippen LogP contribution < -0.4 is 10.9 Å². The summed E-state index contributed by atoms with van der Waals surface area (Å²) in [6.45, 7) is 6.71. The Kier molecular flexibility index (Phi) is 4.45. The van der Waals surface area contributed by atoms with Crippen LogP contribution in [0, 0.1) is 23.6 Å². The van der Waals surface area contributed by atoms with Gasteiger partial charge in [0, 0.05) is 19.6 Å². The van der Waals surface area contributed by atoms with Crippen LogP contribution in [0.4, 0.5) is 4.39 Å². The van der Waals surface area contributed by atoms with E-state index in [0.29, 0.717) is 18.4 Å². The molecule has 2 aliphatic heterocycles. The van der Waals surface area contributed by atoms with Gasteiger partial charge in [0.2, 0.25) is 5.91 Å². The molecule has 22 heavy (non-hydrogen) atoms. The number of benzene rings is 1. The minimum Gasteiger partial charge on any atom is -0.342 e. The molecule has 4 nitrogen and oxygen atoms in total. The first kappa shape index (κ1) is 15.4. The highest BCUT2D eigenvalue weighted by Crippen LogP contribution is 2.29. The normalized spacial score (nSPS) is 32.2. The highest BCUT2D eigenvalue weighted by molar-refractivity contribution is 5.80. The van der Waals surface area contributed by atoms with Gasteiger partial charge in [-0.25, -0.2) is 9.82 Å². The summed E-state index contributed by atoms with van der Waals surface area (Å²) in [4.78, 5) is 14.9. The number of hydrazine groups is 1. The minimum absolute atomic E-state index is 0.0966. The zero-order valence-corrected chi connectivity index (χ0v) is 13.2. The summed E-state index contributed by atoms with van der Waals surface area (Å²) < 4.78 is 13.1. The minimum atomic E-state index is -0.253. The third kappa shape index (κ3) is 3.15. The lowest BCUT2D eigenvalue weighted by Crippen LogP contribution is -2.46. The molecule has 4 atom stereocenters. The molecule has 2 N–H and O–H groups in total. The standard InChI is InChI=1S/C17H24FN3O/c1-11-7-12(2)10-21(9-11)17(22)15-8-19-20-16(15)13-3-5-14(18)6-4-13/h3-6,11-12,15-16,19-20H,7-10H2,1-2H3. The molecule has 1 aromatic carbocycles. The van der Waals surface area contributed by atoms with E-state index in [4.69, 9.17) is 0 Å². The van der Waals surface area contributed by atoms with E-state index in [1.165, 1.54) is 18.6 Å². The van der Waals surface area contributed by atoms with E-state index in [1.807, 2.05) is 4.90 Å². The average molecular weight is 305 g/mol. The van der Waals surface area contributed by atoms with Gasteiger partial charge < -0.3 is 4.90 Å². The van der Waals surface area contributed by atoms with E-state index in [9.17, 15) is 9.18 Å². The van der Waals surface area contributed by atoms with E-state index in [-0.39, 0.29) is 23.7 Å². The lowest BCUT2D eigenvalue weighted by Gasteiger charge is -2.37. The Morgan fingerprint density at radius 2 is 1.82 bits per heavy atom. The molecule has 0 aromatic heterocycles. The number of rotatable bonds is 2. The fourth-order valence-corrected chi connectivity index (χ4v) is 3.79. The van der Waals surface area contributed by atoms with Crippen molar-refractivity contribution in [2.45, 2.75) is 26.3 Å². The quantitative estimate of drug-likeness (QED) is 0.879. The molecule has 2 saturated heterocycles. The third-order valence-electron chi connectivity index (χ3n) is 4.71. The summed E-state index contributed by atoms with van der Waals surface area (Å²) in [5.41, 5.74) is 7.20. The van der Waals surface area contributed by atoms with Gasteiger partial charge in [-0.1, -0.05) is 26.0 Å². The zero-order valence-electron chi connectivity index (χ0n) is 13.2. The van der Waals surface area contributed by atoms with Gasteiger partial charge in [-0.2, -0.15) is 0 Å². The van der Waals surface area contributed by atoms with Crippen molar-refractivity contribution in [2.24, 2.45) is 17.8 Å². The van der Waals surface area contributed by atoms with Crippen LogP contribution in [0.1, 0.15) is 31.9 Å². The number of nitrogens with zero attached hydrogens (tertiary/aromatic N) is 1. The van der Waals surface area contributed by atoms with E-state index in [2.05, 4.69) is 24.7 Å². The van der Waals surface area contributed by atoms with E-state index >= 15 is 0 Å². The molecule has 5 heteroatoms. The number of hydrogen-bond donors (Lipinski definition) is 2. The van der Waals surface area contributed by atoms with Gasteiger partial charge in [0.15, 0.2) is 0 Å². The Morgan fingerprint density at radius 1 is 1.18 bits per heavy atom. The largest absolute Gasteiger partial charge is 0.342 e. The molecule has 0 aliphatic carbocycles. The molecule has 0 spiro atoms. The Hall–Kier alpha value is -1.46. The Labute approximate surface area is 131 Å². The maximum Gasteiger partial charge on any atom is 0.229 e. The van der Waals surface area contributed by atoms with Crippen LogP contribution in [0.25, 0.3) is 0 Å². The highest BCUT2D eigenvalue weighted by atomic mass is 19.1. The molecule has 0 radical (unpaired) electrons. The number of carbonyl (C=O) groups is 1. The van der Waals surface area contributed by atoms with E-state index in [1.54, 1.807) is 12.1 Å². The van der Waals surface area contributed by atoms with E-state index < -0.39 is 0 Å². The first-order chi connectivity index (χ1) is 10.5. The van der Waals surface area contributed by atoms with Crippen LogP contribution in [-0.4, -0.2) is 30.4 Å². The van der Waals surface area contributed by atoms with Gasteiger partial charge in [0.25, 0.3) is 0 Å². The van der Waals surface area contributed by atoms with Crippen LogP contribution in [-0.2, 0) is 4.79 Å². The van der Waals surface area contributed by atoms with Gasteiger partial charge in [-0.15, -0.1) is 0 Å². The van der Waals surface area contributed by atoms with Gasteiger partial charge in [-0.05, 0) is 36.0 Å². The second-order valence-electron chi connectivity index (χ2n) is 6.85. The first-order valence-corrected chi connectivity index (χ1v) is 8.07. The molecule has 2 heterocycles. The van der Waals surface area contributed by atoms with Crippen LogP contribution in [0.2, 0.25) is 0 Å². The summed E-state index contributed by atoms with van der Waals surface area (Å²) in [6.07, 6.45) is 1.19. The number of amides is 1. The van der Waals surface area contributed by atoms with E-state index in [0.717, 1.165) is 18.7 Å². The van der Waals surface area contributed by atoms with Gasteiger partial charge in [-0.3, -0.25) is 10.2 Å². The molecule has 1 amide bonds. The highest BCUT2D eigenvalue weighted by Gasteiger charge is 2.38. The second kappa shape index (κ2) is 6.34. The lowest BCUT2D eigenvalue weighted by atomic mass is 9.89. The smallest absolute Gasteiger partial charge is 0.229 e. The Balaban J connectivity index is 1.74.